The molecule has 0 spiro atoms. The Balaban J connectivity index is 0.865. The van der Waals surface area contributed by atoms with Crippen molar-refractivity contribution in [2.24, 2.45) is 0 Å². The Morgan fingerprint density at radius 1 is 0.309 bits per heavy atom. The molecule has 0 aliphatic rings. The maximum absolute atomic E-state index is 8.23. The van der Waals surface area contributed by atoms with E-state index in [1.165, 1.54) is 32.6 Å². The molecular formula is C61H35N7. The first kappa shape index (κ1) is 39.7. The second kappa shape index (κ2) is 16.3. The molecule has 12 aromatic rings. The fraction of sp³-hybridized carbons (Fsp3) is 0. The Labute approximate surface area is 392 Å². The minimum absolute atomic E-state index is 0.376. The van der Waals surface area contributed by atoms with Crippen LogP contribution in [0.3, 0.4) is 0 Å². The third-order valence-electron chi connectivity index (χ3n) is 12.9. The molecule has 0 aliphatic carbocycles. The van der Waals surface area contributed by atoms with E-state index >= 15 is 0 Å². The number of para-hydroxylation sites is 5. The molecule has 3 aromatic heterocycles. The van der Waals surface area contributed by atoms with Gasteiger partial charge in [-0.1, -0.05) is 152 Å². The first-order valence-corrected chi connectivity index (χ1v) is 22.2. The van der Waals surface area contributed by atoms with Crippen LogP contribution in [0.15, 0.2) is 212 Å². The van der Waals surface area contributed by atoms with Crippen LogP contribution in [-0.4, -0.2) is 19.1 Å². The molecule has 0 atom stereocenters. The van der Waals surface area contributed by atoms with E-state index in [0.717, 1.165) is 50.2 Å². The topological polar surface area (TPSA) is 48.7 Å². The molecule has 9 aromatic carbocycles. The highest BCUT2D eigenvalue weighted by Crippen LogP contribution is 2.41. The molecule has 0 saturated carbocycles. The van der Waals surface area contributed by atoms with Crippen LogP contribution in [0.2, 0.25) is 0 Å². The van der Waals surface area contributed by atoms with E-state index in [1.54, 1.807) is 12.1 Å². The maximum atomic E-state index is 8.23. The van der Waals surface area contributed by atoms with Crippen LogP contribution in [0, 0.1) is 19.7 Å². The van der Waals surface area contributed by atoms with Gasteiger partial charge in [0.15, 0.2) is 17.1 Å². The Hall–Kier alpha value is -9.87. The van der Waals surface area contributed by atoms with Gasteiger partial charge in [-0.15, -0.1) is 0 Å². The predicted molar refractivity (Wildman–Crippen MR) is 277 cm³/mol. The molecule has 0 amide bonds. The summed E-state index contributed by atoms with van der Waals surface area (Å²) in [5.74, 6) is 0.376. The number of fused-ring (bicyclic) bond motifs is 6. The summed E-state index contributed by atoms with van der Waals surface area (Å²) in [6, 6.07) is 72.0. The lowest BCUT2D eigenvalue weighted by molar-refractivity contribution is 1.17. The fourth-order valence-corrected chi connectivity index (χ4v) is 9.65. The van der Waals surface area contributed by atoms with E-state index in [2.05, 4.69) is 163 Å². The highest BCUT2D eigenvalue weighted by Gasteiger charge is 2.19. The Morgan fingerprint density at radius 3 is 1.40 bits per heavy atom. The van der Waals surface area contributed by atoms with Gasteiger partial charge < -0.3 is 9.13 Å². The van der Waals surface area contributed by atoms with Gasteiger partial charge in [0, 0.05) is 44.0 Å². The quantitative estimate of drug-likeness (QED) is 0.150. The van der Waals surface area contributed by atoms with Gasteiger partial charge in [-0.25, -0.2) is 24.5 Å². The van der Waals surface area contributed by atoms with Gasteiger partial charge in [0.1, 0.15) is 5.82 Å². The average molecular weight is 866 g/mol. The molecule has 7 heteroatoms. The van der Waals surface area contributed by atoms with Crippen molar-refractivity contribution < 1.29 is 0 Å². The van der Waals surface area contributed by atoms with Gasteiger partial charge >= 0.3 is 0 Å². The second-order valence-electron chi connectivity index (χ2n) is 16.6. The van der Waals surface area contributed by atoms with Gasteiger partial charge in [-0.2, -0.15) is 0 Å². The zero-order valence-electron chi connectivity index (χ0n) is 36.3. The summed E-state index contributed by atoms with van der Waals surface area (Å²) in [4.78, 5) is 21.2. The Kier molecular flexibility index (Phi) is 9.51. The second-order valence-corrected chi connectivity index (χ2v) is 16.6. The van der Waals surface area contributed by atoms with Crippen LogP contribution in [-0.2, 0) is 0 Å². The van der Waals surface area contributed by atoms with Crippen molar-refractivity contribution in [3.05, 3.63) is 247 Å². The van der Waals surface area contributed by atoms with Crippen molar-refractivity contribution in [1.82, 2.24) is 19.1 Å². The van der Waals surface area contributed by atoms with Gasteiger partial charge in [0.05, 0.1) is 53.2 Å². The minimum Gasteiger partial charge on any atom is -0.309 e. The molecule has 0 N–H and O–H groups in total. The summed E-state index contributed by atoms with van der Waals surface area (Å²) < 4.78 is 4.73. The SMILES string of the molecule is [C-]#[N+]c1cc(-c2cc(-c3ccccc3[N+]#[C-])nc(-c3ccccc3[N+]#[C-])n2)ccc1-c1ccc(-c2ccc(-n3c4ccccc4c4cc(-n5c6ccccc6c6ccccc65)ccc43)cc2)cc1. The molecule has 0 saturated heterocycles. The standard InChI is InChI=1S/C61H35N7/c1-62-52-19-9-4-17-49(52)56-38-54(65-61(66-56)50-18-5-10-20-53(50)63-2)42-30-34-45(55(36-42)64-3)41-26-24-39(25-27-41)40-28-31-43(32-29-40)67-59-23-13-8-16-48(59)51-37-44(33-35-60(51)67)68-57-21-11-6-14-46(57)47-15-7-12-22-58(47)68/h4-38H. The molecular weight excluding hydrogens is 831 g/mol. The van der Waals surface area contributed by atoms with Crippen LogP contribution in [0.25, 0.3) is 126 Å². The van der Waals surface area contributed by atoms with Crippen LogP contribution < -0.4 is 0 Å². The Bertz CT molecular complexity index is 3990. The molecule has 0 radical (unpaired) electrons. The van der Waals surface area contributed by atoms with Crippen molar-refractivity contribution in [3.63, 3.8) is 0 Å². The Morgan fingerprint density at radius 2 is 0.765 bits per heavy atom. The molecule has 0 fully saturated rings. The fourth-order valence-electron chi connectivity index (χ4n) is 9.65. The molecule has 0 unspecified atom stereocenters. The zero-order valence-corrected chi connectivity index (χ0v) is 36.3. The molecule has 3 heterocycles. The van der Waals surface area contributed by atoms with Gasteiger partial charge in [0.2, 0.25) is 0 Å². The lowest BCUT2D eigenvalue weighted by Crippen LogP contribution is -1.96. The number of nitrogens with zero attached hydrogens (tertiary/aromatic N) is 7. The van der Waals surface area contributed by atoms with Crippen molar-refractivity contribution in [2.75, 3.05) is 0 Å². The first-order valence-electron chi connectivity index (χ1n) is 22.2. The number of hydrogen-bond donors (Lipinski definition) is 0. The van der Waals surface area contributed by atoms with Gasteiger partial charge in [-0.05, 0) is 88.5 Å². The number of aromatic nitrogens is 4. The summed E-state index contributed by atoms with van der Waals surface area (Å²) in [5.41, 5.74) is 15.3. The van der Waals surface area contributed by atoms with Crippen molar-refractivity contribution in [2.45, 2.75) is 0 Å². The normalized spacial score (nSPS) is 11.2. The summed E-state index contributed by atoms with van der Waals surface area (Å²) in [7, 11) is 0. The predicted octanol–water partition coefficient (Wildman–Crippen LogP) is 16.7. The van der Waals surface area contributed by atoms with Crippen LogP contribution in [0.1, 0.15) is 0 Å². The molecule has 314 valence electrons. The van der Waals surface area contributed by atoms with Crippen molar-refractivity contribution >= 4 is 60.7 Å². The third kappa shape index (κ3) is 6.57. The van der Waals surface area contributed by atoms with Crippen molar-refractivity contribution in [3.8, 4) is 67.5 Å². The van der Waals surface area contributed by atoms with E-state index in [4.69, 9.17) is 29.7 Å². The van der Waals surface area contributed by atoms with E-state index in [0.29, 0.717) is 45.4 Å². The van der Waals surface area contributed by atoms with Crippen molar-refractivity contribution in [1.29, 1.82) is 0 Å². The zero-order chi connectivity index (χ0) is 45.7. The first-order chi connectivity index (χ1) is 33.6. The molecule has 12 rings (SSSR count). The number of hydrogen-bond acceptors (Lipinski definition) is 2. The van der Waals surface area contributed by atoms with Crippen LogP contribution in [0.4, 0.5) is 17.1 Å². The van der Waals surface area contributed by atoms with E-state index in [1.807, 2.05) is 60.7 Å². The number of rotatable bonds is 7. The molecule has 0 aliphatic heterocycles. The summed E-state index contributed by atoms with van der Waals surface area (Å²) >= 11 is 0. The summed E-state index contributed by atoms with van der Waals surface area (Å²) in [5, 5.41) is 4.89. The molecule has 0 bridgehead atoms. The lowest BCUT2D eigenvalue weighted by Gasteiger charge is -2.13. The molecule has 68 heavy (non-hydrogen) atoms. The maximum Gasteiger partial charge on any atom is 0.198 e. The van der Waals surface area contributed by atoms with E-state index in [-0.39, 0.29) is 0 Å². The van der Waals surface area contributed by atoms with Crippen LogP contribution in [0.5, 0.6) is 0 Å². The van der Waals surface area contributed by atoms with E-state index < -0.39 is 0 Å². The molecule has 7 nitrogen and oxygen atoms in total. The number of benzene rings is 9. The third-order valence-corrected chi connectivity index (χ3v) is 12.9. The monoisotopic (exact) mass is 865 g/mol. The van der Waals surface area contributed by atoms with Crippen LogP contribution >= 0.6 is 0 Å². The highest BCUT2D eigenvalue weighted by atomic mass is 15.0. The summed E-state index contributed by atoms with van der Waals surface area (Å²) in [6.45, 7) is 23.8. The van der Waals surface area contributed by atoms with Gasteiger partial charge in [0.25, 0.3) is 0 Å². The minimum atomic E-state index is 0.376. The van der Waals surface area contributed by atoms with Gasteiger partial charge in [-0.3, -0.25) is 0 Å². The average Bonchev–Trinajstić information content (AvgIpc) is 3.93. The van der Waals surface area contributed by atoms with E-state index in [9.17, 15) is 0 Å². The smallest absolute Gasteiger partial charge is 0.198 e. The highest BCUT2D eigenvalue weighted by molar-refractivity contribution is 6.12. The summed E-state index contributed by atoms with van der Waals surface area (Å²) in [6.07, 6.45) is 0. The lowest BCUT2D eigenvalue weighted by atomic mass is 9.97. The largest absolute Gasteiger partial charge is 0.309 e.